The highest BCUT2D eigenvalue weighted by Gasteiger charge is 2.11. The molecule has 0 atom stereocenters. The molecule has 0 aliphatic heterocycles. The molecule has 0 unspecified atom stereocenters. The monoisotopic (exact) mass is 302 g/mol. The summed E-state index contributed by atoms with van der Waals surface area (Å²) in [6.07, 6.45) is 6.56. The van der Waals surface area contributed by atoms with Crippen LogP contribution in [0.4, 0.5) is 0 Å². The molecule has 0 bridgehead atoms. The second-order valence-electron chi connectivity index (χ2n) is 5.75. The Balaban J connectivity index is 2.02. The number of hydrogen-bond donors (Lipinski definition) is 0. The van der Waals surface area contributed by atoms with Crippen LogP contribution in [0.2, 0.25) is 0 Å². The van der Waals surface area contributed by atoms with E-state index in [1.54, 1.807) is 0 Å². The first-order valence-corrected chi connectivity index (χ1v) is 8.35. The third-order valence-corrected chi connectivity index (χ3v) is 3.95. The molecule has 116 valence electrons. The van der Waals surface area contributed by atoms with Crippen LogP contribution in [-0.4, -0.2) is 9.97 Å². The maximum absolute atomic E-state index is 4.93. The predicted octanol–water partition coefficient (Wildman–Crippen LogP) is 5.54. The lowest BCUT2D eigenvalue weighted by Gasteiger charge is -2.10. The summed E-state index contributed by atoms with van der Waals surface area (Å²) < 4.78 is 0. The molecule has 0 N–H and O–H groups in total. The molecule has 3 aromatic rings. The molecule has 2 heteroatoms. The molecule has 0 aliphatic carbocycles. The Morgan fingerprint density at radius 2 is 1.35 bits per heavy atom. The summed E-state index contributed by atoms with van der Waals surface area (Å²) >= 11 is 0. The van der Waals surface area contributed by atoms with Gasteiger partial charge >= 0.3 is 0 Å². The van der Waals surface area contributed by atoms with E-state index in [2.05, 4.69) is 43.3 Å². The predicted molar refractivity (Wildman–Crippen MR) is 96.1 cm³/mol. The van der Waals surface area contributed by atoms with Crippen molar-refractivity contribution in [3.8, 4) is 22.5 Å². The maximum Gasteiger partial charge on any atom is 0.0968 e. The van der Waals surface area contributed by atoms with Gasteiger partial charge in [0, 0.05) is 17.3 Å². The summed E-state index contributed by atoms with van der Waals surface area (Å²) in [7, 11) is 0. The molecule has 0 saturated carbocycles. The summed E-state index contributed by atoms with van der Waals surface area (Å²) in [6.45, 7) is 2.22. The van der Waals surface area contributed by atoms with E-state index in [1.165, 1.54) is 19.3 Å². The van der Waals surface area contributed by atoms with Crippen LogP contribution in [0.15, 0.2) is 66.9 Å². The van der Waals surface area contributed by atoms with Gasteiger partial charge in [-0.1, -0.05) is 80.4 Å². The molecule has 3 rings (SSSR count). The molecule has 23 heavy (non-hydrogen) atoms. The third kappa shape index (κ3) is 3.84. The Bertz CT molecular complexity index is 736. The topological polar surface area (TPSA) is 25.8 Å². The van der Waals surface area contributed by atoms with Gasteiger partial charge in [0.1, 0.15) is 0 Å². The molecule has 0 amide bonds. The summed E-state index contributed by atoms with van der Waals surface area (Å²) in [5.74, 6) is 0. The van der Waals surface area contributed by atoms with E-state index in [1.807, 2.05) is 30.5 Å². The Morgan fingerprint density at radius 1 is 0.739 bits per heavy atom. The van der Waals surface area contributed by atoms with Crippen molar-refractivity contribution in [2.45, 2.75) is 32.6 Å². The largest absolute Gasteiger partial charge is 0.252 e. The van der Waals surface area contributed by atoms with Crippen molar-refractivity contribution in [3.05, 3.63) is 72.6 Å². The fraction of sp³-hybridized carbons (Fsp3) is 0.238. The SMILES string of the molecule is CCCCCc1cnc(-c2ccccc2)c(-c2ccccc2)n1. The van der Waals surface area contributed by atoms with E-state index in [0.29, 0.717) is 0 Å². The Morgan fingerprint density at radius 3 is 1.96 bits per heavy atom. The van der Waals surface area contributed by atoms with Crippen LogP contribution < -0.4 is 0 Å². The first kappa shape index (κ1) is 15.4. The van der Waals surface area contributed by atoms with E-state index in [-0.39, 0.29) is 0 Å². The number of nitrogens with zero attached hydrogens (tertiary/aromatic N) is 2. The lowest BCUT2D eigenvalue weighted by Crippen LogP contribution is -1.99. The summed E-state index contributed by atoms with van der Waals surface area (Å²) in [4.78, 5) is 9.67. The average molecular weight is 302 g/mol. The minimum atomic E-state index is 0.955. The van der Waals surface area contributed by atoms with E-state index in [4.69, 9.17) is 9.97 Å². The Hall–Kier alpha value is -2.48. The van der Waals surface area contributed by atoms with Gasteiger partial charge in [-0.05, 0) is 12.8 Å². The molecule has 0 spiro atoms. The molecule has 1 heterocycles. The first-order chi connectivity index (χ1) is 11.4. The van der Waals surface area contributed by atoms with Crippen LogP contribution in [0.5, 0.6) is 0 Å². The molecular weight excluding hydrogens is 280 g/mol. The Kier molecular flexibility index (Phi) is 5.15. The standard InChI is InChI=1S/C21H22N2/c1-2-3-6-15-19-16-22-20(17-11-7-4-8-12-17)21(23-19)18-13-9-5-10-14-18/h4-5,7-14,16H,2-3,6,15H2,1H3. The van der Waals surface area contributed by atoms with Gasteiger partial charge in [-0.15, -0.1) is 0 Å². The molecule has 0 radical (unpaired) electrons. The normalized spacial score (nSPS) is 10.7. The van der Waals surface area contributed by atoms with Crippen molar-refractivity contribution in [1.82, 2.24) is 9.97 Å². The maximum atomic E-state index is 4.93. The summed E-state index contributed by atoms with van der Waals surface area (Å²) in [5.41, 5.74) is 5.24. The summed E-state index contributed by atoms with van der Waals surface area (Å²) in [6, 6.07) is 20.6. The summed E-state index contributed by atoms with van der Waals surface area (Å²) in [5, 5.41) is 0. The highest BCUT2D eigenvalue weighted by molar-refractivity contribution is 5.77. The molecule has 2 nitrogen and oxygen atoms in total. The van der Waals surface area contributed by atoms with Crippen LogP contribution in [0.25, 0.3) is 22.5 Å². The number of aryl methyl sites for hydroxylation is 1. The van der Waals surface area contributed by atoms with Gasteiger partial charge in [0.15, 0.2) is 0 Å². The second kappa shape index (κ2) is 7.68. The zero-order chi connectivity index (χ0) is 15.9. The molecule has 0 fully saturated rings. The van der Waals surface area contributed by atoms with Crippen molar-refractivity contribution in [2.24, 2.45) is 0 Å². The smallest absolute Gasteiger partial charge is 0.0968 e. The fourth-order valence-electron chi connectivity index (χ4n) is 2.71. The number of hydrogen-bond acceptors (Lipinski definition) is 2. The van der Waals surface area contributed by atoms with Gasteiger partial charge in [0.2, 0.25) is 0 Å². The van der Waals surface area contributed by atoms with Gasteiger partial charge in [-0.3, -0.25) is 4.98 Å². The average Bonchev–Trinajstić information content (AvgIpc) is 2.63. The quantitative estimate of drug-likeness (QED) is 0.558. The van der Waals surface area contributed by atoms with Gasteiger partial charge in [-0.2, -0.15) is 0 Å². The molecular formula is C21H22N2. The van der Waals surface area contributed by atoms with E-state index in [9.17, 15) is 0 Å². The first-order valence-electron chi connectivity index (χ1n) is 8.35. The zero-order valence-electron chi connectivity index (χ0n) is 13.6. The van der Waals surface area contributed by atoms with Crippen LogP contribution in [0, 0.1) is 0 Å². The van der Waals surface area contributed by atoms with Gasteiger partial charge in [0.05, 0.1) is 17.1 Å². The Labute approximate surface area is 138 Å². The minimum absolute atomic E-state index is 0.955. The highest BCUT2D eigenvalue weighted by Crippen LogP contribution is 2.28. The van der Waals surface area contributed by atoms with Crippen molar-refractivity contribution < 1.29 is 0 Å². The van der Waals surface area contributed by atoms with E-state index < -0.39 is 0 Å². The number of benzene rings is 2. The fourth-order valence-corrected chi connectivity index (χ4v) is 2.71. The third-order valence-electron chi connectivity index (χ3n) is 3.95. The van der Waals surface area contributed by atoms with Gasteiger partial charge in [-0.25, -0.2) is 4.98 Å². The zero-order valence-corrected chi connectivity index (χ0v) is 13.6. The lowest BCUT2D eigenvalue weighted by molar-refractivity contribution is 0.706. The van der Waals surface area contributed by atoms with Crippen molar-refractivity contribution in [2.75, 3.05) is 0 Å². The molecule has 0 saturated heterocycles. The molecule has 0 aliphatic rings. The van der Waals surface area contributed by atoms with E-state index in [0.717, 1.165) is 34.6 Å². The molecule has 1 aromatic heterocycles. The van der Waals surface area contributed by atoms with E-state index >= 15 is 0 Å². The molecule has 2 aromatic carbocycles. The minimum Gasteiger partial charge on any atom is -0.252 e. The highest BCUT2D eigenvalue weighted by atomic mass is 14.8. The number of unbranched alkanes of at least 4 members (excludes halogenated alkanes) is 2. The van der Waals surface area contributed by atoms with Crippen LogP contribution in [-0.2, 0) is 6.42 Å². The van der Waals surface area contributed by atoms with Crippen LogP contribution in [0.3, 0.4) is 0 Å². The van der Waals surface area contributed by atoms with Gasteiger partial charge < -0.3 is 0 Å². The van der Waals surface area contributed by atoms with Crippen molar-refractivity contribution >= 4 is 0 Å². The lowest BCUT2D eigenvalue weighted by atomic mass is 10.0. The van der Waals surface area contributed by atoms with Crippen molar-refractivity contribution in [1.29, 1.82) is 0 Å². The van der Waals surface area contributed by atoms with Crippen molar-refractivity contribution in [3.63, 3.8) is 0 Å². The number of rotatable bonds is 6. The second-order valence-corrected chi connectivity index (χ2v) is 5.75. The van der Waals surface area contributed by atoms with Crippen LogP contribution >= 0.6 is 0 Å². The van der Waals surface area contributed by atoms with Crippen LogP contribution in [0.1, 0.15) is 31.9 Å². The number of aromatic nitrogens is 2. The van der Waals surface area contributed by atoms with Gasteiger partial charge in [0.25, 0.3) is 0 Å².